The molecule has 0 bridgehead atoms. The fraction of sp³-hybridized carbons (Fsp3) is 0.333. The van der Waals surface area contributed by atoms with E-state index < -0.39 is 11.9 Å². The zero-order valence-electron chi connectivity index (χ0n) is 16.9. The molecular weight excluding hydrogens is 409 g/mol. The van der Waals surface area contributed by atoms with Gasteiger partial charge in [-0.2, -0.15) is 13.2 Å². The molecule has 10 heteroatoms. The minimum atomic E-state index is -4.48. The quantitative estimate of drug-likeness (QED) is 0.686. The van der Waals surface area contributed by atoms with Gasteiger partial charge in [-0.1, -0.05) is 18.2 Å². The number of hydrogen-bond acceptors (Lipinski definition) is 6. The molecular formula is C21H21F3N6O. The summed E-state index contributed by atoms with van der Waals surface area (Å²) in [7, 11) is 2.05. The number of carbonyl (C=O) groups is 1. The Hall–Kier alpha value is -3.11. The highest BCUT2D eigenvalue weighted by Crippen LogP contribution is 2.29. The Labute approximate surface area is 176 Å². The van der Waals surface area contributed by atoms with Gasteiger partial charge in [0.05, 0.1) is 12.1 Å². The lowest BCUT2D eigenvalue weighted by atomic mass is 10.1. The van der Waals surface area contributed by atoms with Crippen molar-refractivity contribution in [3.63, 3.8) is 0 Å². The number of nitrogens with zero attached hydrogens (tertiary/aromatic N) is 5. The maximum absolute atomic E-state index is 12.7. The van der Waals surface area contributed by atoms with Crippen LogP contribution in [0.15, 0.2) is 42.7 Å². The molecule has 1 N–H and O–H groups in total. The van der Waals surface area contributed by atoms with E-state index in [4.69, 9.17) is 0 Å². The number of hydrogen-bond donors (Lipinski definition) is 1. The molecule has 0 atom stereocenters. The molecule has 1 fully saturated rings. The van der Waals surface area contributed by atoms with E-state index in [1.807, 2.05) is 0 Å². The minimum Gasteiger partial charge on any atom is -0.304 e. The second kappa shape index (κ2) is 8.56. The zero-order valence-corrected chi connectivity index (χ0v) is 16.9. The standard InChI is InChI=1S/C21H21F3N6O/c1-29-6-8-30(9-7-29)13-19(31)28-20-26-12-16-3-2-14(10-17(16)27-20)15-4-5-18(25-11-15)21(22,23)24/h2-5,10-12H,6-9,13H2,1H3,(H,26,27,28,31). The molecule has 2 aromatic heterocycles. The predicted molar refractivity (Wildman–Crippen MR) is 110 cm³/mol. The number of benzene rings is 1. The van der Waals surface area contributed by atoms with Gasteiger partial charge in [0, 0.05) is 49.5 Å². The van der Waals surface area contributed by atoms with Crippen LogP contribution in [0.1, 0.15) is 5.69 Å². The van der Waals surface area contributed by atoms with Gasteiger partial charge in [-0.05, 0) is 24.7 Å². The Morgan fingerprint density at radius 3 is 2.45 bits per heavy atom. The first kappa shape index (κ1) is 21.1. The van der Waals surface area contributed by atoms with E-state index in [-0.39, 0.29) is 18.4 Å². The number of amides is 1. The molecule has 0 saturated carbocycles. The summed E-state index contributed by atoms with van der Waals surface area (Å²) in [5.74, 6) is 0.00122. The van der Waals surface area contributed by atoms with Crippen molar-refractivity contribution in [1.29, 1.82) is 0 Å². The van der Waals surface area contributed by atoms with Gasteiger partial charge in [-0.3, -0.25) is 20.0 Å². The topological polar surface area (TPSA) is 74.2 Å². The van der Waals surface area contributed by atoms with Crippen molar-refractivity contribution in [2.24, 2.45) is 0 Å². The monoisotopic (exact) mass is 430 g/mol. The molecule has 3 heterocycles. The van der Waals surface area contributed by atoms with Gasteiger partial charge < -0.3 is 4.90 Å². The van der Waals surface area contributed by atoms with Crippen LogP contribution in [0.25, 0.3) is 22.0 Å². The number of halogens is 3. The Morgan fingerprint density at radius 1 is 1.03 bits per heavy atom. The molecule has 31 heavy (non-hydrogen) atoms. The number of fused-ring (bicyclic) bond motifs is 1. The van der Waals surface area contributed by atoms with Crippen molar-refractivity contribution in [2.75, 3.05) is 45.1 Å². The van der Waals surface area contributed by atoms with Crippen LogP contribution < -0.4 is 5.32 Å². The molecule has 3 aromatic rings. The maximum Gasteiger partial charge on any atom is 0.433 e. The molecule has 162 valence electrons. The highest BCUT2D eigenvalue weighted by Gasteiger charge is 2.32. The predicted octanol–water partition coefficient (Wildman–Crippen LogP) is 2.90. The van der Waals surface area contributed by atoms with Crippen LogP contribution in [0, 0.1) is 0 Å². The Bertz CT molecular complexity index is 1080. The van der Waals surface area contributed by atoms with Gasteiger partial charge in [0.1, 0.15) is 5.69 Å². The number of carbonyl (C=O) groups excluding carboxylic acids is 1. The van der Waals surface area contributed by atoms with Crippen LogP contribution >= 0.6 is 0 Å². The number of nitrogens with one attached hydrogen (secondary N) is 1. The smallest absolute Gasteiger partial charge is 0.304 e. The van der Waals surface area contributed by atoms with E-state index in [1.165, 1.54) is 12.3 Å². The molecule has 1 aromatic carbocycles. The van der Waals surface area contributed by atoms with E-state index in [9.17, 15) is 18.0 Å². The summed E-state index contributed by atoms with van der Waals surface area (Å²) in [4.78, 5) is 28.7. The second-order valence-corrected chi connectivity index (χ2v) is 7.52. The molecule has 1 aliphatic rings. The lowest BCUT2D eigenvalue weighted by molar-refractivity contribution is -0.141. The largest absolute Gasteiger partial charge is 0.433 e. The molecule has 0 unspecified atom stereocenters. The average molecular weight is 430 g/mol. The molecule has 1 amide bonds. The summed E-state index contributed by atoms with van der Waals surface area (Å²) in [6.07, 6.45) is -1.70. The molecule has 0 aliphatic carbocycles. The highest BCUT2D eigenvalue weighted by molar-refractivity contribution is 5.92. The number of piperazine rings is 1. The number of likely N-dealkylation sites (N-methyl/N-ethyl adjacent to an activating group) is 1. The summed E-state index contributed by atoms with van der Waals surface area (Å²) in [5, 5.41) is 3.47. The lowest BCUT2D eigenvalue weighted by Gasteiger charge is -2.31. The van der Waals surface area contributed by atoms with Crippen molar-refractivity contribution in [3.8, 4) is 11.1 Å². The van der Waals surface area contributed by atoms with Gasteiger partial charge in [-0.15, -0.1) is 0 Å². The third-order valence-electron chi connectivity index (χ3n) is 5.18. The van der Waals surface area contributed by atoms with Crippen LogP contribution in [-0.4, -0.2) is 70.4 Å². The molecule has 0 radical (unpaired) electrons. The van der Waals surface area contributed by atoms with Crippen molar-refractivity contribution in [2.45, 2.75) is 6.18 Å². The molecule has 1 aliphatic heterocycles. The normalized spacial score (nSPS) is 15.9. The minimum absolute atomic E-state index is 0.188. The second-order valence-electron chi connectivity index (χ2n) is 7.52. The van der Waals surface area contributed by atoms with Crippen molar-refractivity contribution in [1.82, 2.24) is 24.8 Å². The Morgan fingerprint density at radius 2 is 1.77 bits per heavy atom. The summed E-state index contributed by atoms with van der Waals surface area (Å²) < 4.78 is 38.2. The average Bonchev–Trinajstić information content (AvgIpc) is 2.74. The zero-order chi connectivity index (χ0) is 22.0. The van der Waals surface area contributed by atoms with Crippen LogP contribution in [0.3, 0.4) is 0 Å². The number of rotatable bonds is 4. The van der Waals surface area contributed by atoms with E-state index in [1.54, 1.807) is 24.4 Å². The number of aromatic nitrogens is 3. The molecule has 1 saturated heterocycles. The van der Waals surface area contributed by atoms with E-state index in [0.717, 1.165) is 37.6 Å². The van der Waals surface area contributed by atoms with Gasteiger partial charge in [0.15, 0.2) is 0 Å². The maximum atomic E-state index is 12.7. The molecule has 0 spiro atoms. The highest BCUT2D eigenvalue weighted by atomic mass is 19.4. The molecule has 4 rings (SSSR count). The van der Waals surface area contributed by atoms with E-state index >= 15 is 0 Å². The number of pyridine rings is 1. The fourth-order valence-corrected chi connectivity index (χ4v) is 3.37. The van der Waals surface area contributed by atoms with Crippen molar-refractivity contribution < 1.29 is 18.0 Å². The van der Waals surface area contributed by atoms with Gasteiger partial charge in [0.25, 0.3) is 0 Å². The third-order valence-corrected chi connectivity index (χ3v) is 5.18. The molecule has 7 nitrogen and oxygen atoms in total. The lowest BCUT2D eigenvalue weighted by Crippen LogP contribution is -2.47. The Balaban J connectivity index is 1.49. The number of anilines is 1. The van der Waals surface area contributed by atoms with Gasteiger partial charge in [-0.25, -0.2) is 9.97 Å². The van der Waals surface area contributed by atoms with E-state index in [0.29, 0.717) is 16.6 Å². The van der Waals surface area contributed by atoms with Crippen molar-refractivity contribution >= 4 is 22.8 Å². The first-order valence-electron chi connectivity index (χ1n) is 9.79. The van der Waals surface area contributed by atoms with Crippen LogP contribution in [0.2, 0.25) is 0 Å². The summed E-state index contributed by atoms with van der Waals surface area (Å²) in [5.41, 5.74) is 0.836. The third kappa shape index (κ3) is 5.15. The first-order valence-corrected chi connectivity index (χ1v) is 9.79. The van der Waals surface area contributed by atoms with Crippen LogP contribution in [0.4, 0.5) is 19.1 Å². The summed E-state index contributed by atoms with van der Waals surface area (Å²) >= 11 is 0. The van der Waals surface area contributed by atoms with Crippen molar-refractivity contribution in [3.05, 3.63) is 48.4 Å². The number of alkyl halides is 3. The first-order chi connectivity index (χ1) is 14.8. The van der Waals surface area contributed by atoms with Crippen LogP contribution in [0.5, 0.6) is 0 Å². The van der Waals surface area contributed by atoms with Gasteiger partial charge >= 0.3 is 6.18 Å². The Kier molecular flexibility index (Phi) is 5.84. The van der Waals surface area contributed by atoms with E-state index in [2.05, 4.69) is 37.1 Å². The van der Waals surface area contributed by atoms with Gasteiger partial charge in [0.2, 0.25) is 11.9 Å². The fourth-order valence-electron chi connectivity index (χ4n) is 3.37. The summed E-state index contributed by atoms with van der Waals surface area (Å²) in [6.45, 7) is 3.76. The van der Waals surface area contributed by atoms with Crippen LogP contribution in [-0.2, 0) is 11.0 Å². The summed E-state index contributed by atoms with van der Waals surface area (Å²) in [6, 6.07) is 7.59. The SMILES string of the molecule is CN1CCN(CC(=O)Nc2ncc3ccc(-c4ccc(C(F)(F)F)nc4)cc3n2)CC1.